The predicted octanol–water partition coefficient (Wildman–Crippen LogP) is 2.16. The average Bonchev–Trinajstić information content (AvgIpc) is 2.28. The van der Waals surface area contributed by atoms with E-state index >= 15 is 0 Å². The number of nitrogens with one attached hydrogen (secondary N) is 1. The van der Waals surface area contributed by atoms with Crippen molar-refractivity contribution in [3.05, 3.63) is 29.8 Å². The second-order valence-electron chi connectivity index (χ2n) is 5.19. The van der Waals surface area contributed by atoms with Gasteiger partial charge in [0.05, 0.1) is 12.0 Å². The van der Waals surface area contributed by atoms with Crippen LogP contribution in [0.1, 0.15) is 36.5 Å². The number of hydrogen-bond acceptors (Lipinski definition) is 3. The SMILES string of the molecule is C[C@H]1CC2(CCN1)CC(=O)c1ccccc1O2. The molecule has 0 radical (unpaired) electrons. The summed E-state index contributed by atoms with van der Waals surface area (Å²) in [5, 5.41) is 3.40. The van der Waals surface area contributed by atoms with Gasteiger partial charge in [0.2, 0.25) is 0 Å². The minimum Gasteiger partial charge on any atom is -0.486 e. The highest BCUT2D eigenvalue weighted by Gasteiger charge is 2.42. The van der Waals surface area contributed by atoms with Gasteiger partial charge >= 0.3 is 0 Å². The van der Waals surface area contributed by atoms with Gasteiger partial charge in [0.25, 0.3) is 0 Å². The average molecular weight is 231 g/mol. The minimum absolute atomic E-state index is 0.223. The smallest absolute Gasteiger partial charge is 0.170 e. The van der Waals surface area contributed by atoms with Gasteiger partial charge in [0.15, 0.2) is 5.78 Å². The van der Waals surface area contributed by atoms with Crippen LogP contribution >= 0.6 is 0 Å². The third-order valence-corrected chi connectivity index (χ3v) is 3.75. The largest absolute Gasteiger partial charge is 0.486 e. The fourth-order valence-corrected chi connectivity index (χ4v) is 2.98. The Morgan fingerprint density at radius 2 is 2.24 bits per heavy atom. The van der Waals surface area contributed by atoms with Crippen molar-refractivity contribution >= 4 is 5.78 Å². The summed E-state index contributed by atoms with van der Waals surface area (Å²) >= 11 is 0. The number of ether oxygens (including phenoxy) is 1. The highest BCUT2D eigenvalue weighted by Crippen LogP contribution is 2.38. The van der Waals surface area contributed by atoms with E-state index in [2.05, 4.69) is 12.2 Å². The van der Waals surface area contributed by atoms with Gasteiger partial charge < -0.3 is 10.1 Å². The molecule has 90 valence electrons. The quantitative estimate of drug-likeness (QED) is 0.743. The van der Waals surface area contributed by atoms with E-state index in [0.717, 1.165) is 30.7 Å². The molecule has 0 saturated carbocycles. The molecule has 3 rings (SSSR count). The molecule has 2 atom stereocenters. The molecule has 3 heteroatoms. The molecule has 0 aromatic heterocycles. The molecule has 0 bridgehead atoms. The molecule has 2 aliphatic heterocycles. The molecule has 17 heavy (non-hydrogen) atoms. The summed E-state index contributed by atoms with van der Waals surface area (Å²) in [7, 11) is 0. The lowest BCUT2D eigenvalue weighted by Crippen LogP contribution is -2.52. The van der Waals surface area contributed by atoms with Crippen LogP contribution in [0.25, 0.3) is 0 Å². The zero-order valence-corrected chi connectivity index (χ0v) is 10.0. The fourth-order valence-electron chi connectivity index (χ4n) is 2.98. The van der Waals surface area contributed by atoms with Gasteiger partial charge in [-0.2, -0.15) is 0 Å². The molecule has 2 heterocycles. The molecule has 1 spiro atoms. The number of benzene rings is 1. The highest BCUT2D eigenvalue weighted by atomic mass is 16.5. The van der Waals surface area contributed by atoms with Crippen molar-refractivity contribution in [2.24, 2.45) is 0 Å². The molecule has 1 N–H and O–H groups in total. The van der Waals surface area contributed by atoms with Crippen molar-refractivity contribution in [3.63, 3.8) is 0 Å². The molecular formula is C14H17NO2. The first kappa shape index (κ1) is 10.8. The van der Waals surface area contributed by atoms with Crippen molar-refractivity contribution < 1.29 is 9.53 Å². The number of para-hydroxylation sites is 1. The third-order valence-electron chi connectivity index (χ3n) is 3.75. The Morgan fingerprint density at radius 3 is 3.06 bits per heavy atom. The molecule has 2 aliphatic rings. The maximum Gasteiger partial charge on any atom is 0.170 e. The summed E-state index contributed by atoms with van der Waals surface area (Å²) in [6, 6.07) is 8.00. The van der Waals surface area contributed by atoms with Crippen molar-refractivity contribution in [3.8, 4) is 5.75 Å². The molecule has 1 fully saturated rings. The van der Waals surface area contributed by atoms with Gasteiger partial charge in [-0.1, -0.05) is 12.1 Å². The number of carbonyl (C=O) groups is 1. The van der Waals surface area contributed by atoms with Crippen LogP contribution in [0.15, 0.2) is 24.3 Å². The maximum atomic E-state index is 12.2. The van der Waals surface area contributed by atoms with E-state index in [4.69, 9.17) is 4.74 Å². The highest BCUT2D eigenvalue weighted by molar-refractivity contribution is 6.00. The zero-order chi connectivity index (χ0) is 11.9. The molecule has 0 aliphatic carbocycles. The Bertz CT molecular complexity index is 457. The standard InChI is InChI=1S/C14H17NO2/c1-10-8-14(6-7-15-10)9-12(16)11-4-2-3-5-13(11)17-14/h2-5,10,15H,6-9H2,1H3/t10-,14?/m0/s1. The van der Waals surface area contributed by atoms with Gasteiger partial charge in [-0.25, -0.2) is 0 Å². The first-order valence-corrected chi connectivity index (χ1v) is 6.23. The van der Waals surface area contributed by atoms with Crippen LogP contribution in [0.2, 0.25) is 0 Å². The van der Waals surface area contributed by atoms with Crippen molar-refractivity contribution in [2.75, 3.05) is 6.54 Å². The van der Waals surface area contributed by atoms with Crippen LogP contribution in [-0.4, -0.2) is 24.0 Å². The lowest BCUT2D eigenvalue weighted by Gasteiger charge is -2.43. The molecule has 1 unspecified atom stereocenters. The Hall–Kier alpha value is -1.35. The molecule has 3 nitrogen and oxygen atoms in total. The monoisotopic (exact) mass is 231 g/mol. The summed E-state index contributed by atoms with van der Waals surface area (Å²) < 4.78 is 6.14. The third kappa shape index (κ3) is 1.84. The number of piperidine rings is 1. The van der Waals surface area contributed by atoms with E-state index in [1.165, 1.54) is 0 Å². The van der Waals surface area contributed by atoms with Crippen molar-refractivity contribution in [1.82, 2.24) is 5.32 Å². The van der Waals surface area contributed by atoms with E-state index in [1.54, 1.807) is 0 Å². The second kappa shape index (κ2) is 3.84. The van der Waals surface area contributed by atoms with E-state index in [-0.39, 0.29) is 11.4 Å². The summed E-state index contributed by atoms with van der Waals surface area (Å²) in [5.74, 6) is 0.985. The molecule has 1 saturated heterocycles. The Kier molecular flexibility index (Phi) is 2.44. The number of Topliss-reactive ketones (excluding diaryl/α,β-unsaturated/α-hetero) is 1. The van der Waals surface area contributed by atoms with E-state index in [0.29, 0.717) is 12.5 Å². The number of fused-ring (bicyclic) bond motifs is 1. The van der Waals surface area contributed by atoms with Gasteiger partial charge in [-0.3, -0.25) is 4.79 Å². The van der Waals surface area contributed by atoms with Crippen LogP contribution in [0.5, 0.6) is 5.75 Å². The van der Waals surface area contributed by atoms with Crippen LogP contribution in [0.3, 0.4) is 0 Å². The predicted molar refractivity (Wildman–Crippen MR) is 65.4 cm³/mol. The lowest BCUT2D eigenvalue weighted by molar-refractivity contribution is 0.00876. The van der Waals surface area contributed by atoms with Gasteiger partial charge in [-0.15, -0.1) is 0 Å². The molecule has 1 aromatic rings. The molecule has 1 aromatic carbocycles. The Balaban J connectivity index is 1.95. The molecular weight excluding hydrogens is 214 g/mol. The summed E-state index contributed by atoms with van der Waals surface area (Å²) in [5.41, 5.74) is 0.472. The van der Waals surface area contributed by atoms with Crippen LogP contribution < -0.4 is 10.1 Å². The Labute approximate surface area is 101 Å². The normalized spacial score (nSPS) is 32.1. The van der Waals surface area contributed by atoms with Crippen molar-refractivity contribution in [1.29, 1.82) is 0 Å². The first-order chi connectivity index (χ1) is 8.19. The van der Waals surface area contributed by atoms with E-state index in [1.807, 2.05) is 24.3 Å². The number of ketones is 1. The number of hydrogen-bond donors (Lipinski definition) is 1. The number of rotatable bonds is 0. The number of carbonyl (C=O) groups excluding carboxylic acids is 1. The van der Waals surface area contributed by atoms with Crippen LogP contribution in [0, 0.1) is 0 Å². The Morgan fingerprint density at radius 1 is 1.41 bits per heavy atom. The van der Waals surface area contributed by atoms with Gasteiger partial charge in [-0.05, 0) is 25.6 Å². The van der Waals surface area contributed by atoms with Crippen molar-refractivity contribution in [2.45, 2.75) is 37.8 Å². The van der Waals surface area contributed by atoms with Gasteiger partial charge in [0.1, 0.15) is 11.4 Å². The minimum atomic E-state index is -0.268. The first-order valence-electron chi connectivity index (χ1n) is 6.23. The molecule has 0 amide bonds. The fraction of sp³-hybridized carbons (Fsp3) is 0.500. The van der Waals surface area contributed by atoms with Crippen LogP contribution in [0.4, 0.5) is 0 Å². The summed E-state index contributed by atoms with van der Waals surface area (Å²) in [6.45, 7) is 3.08. The zero-order valence-electron chi connectivity index (χ0n) is 10.0. The lowest BCUT2D eigenvalue weighted by atomic mass is 9.80. The summed E-state index contributed by atoms with van der Waals surface area (Å²) in [4.78, 5) is 12.2. The van der Waals surface area contributed by atoms with E-state index in [9.17, 15) is 4.79 Å². The summed E-state index contributed by atoms with van der Waals surface area (Å²) in [6.07, 6.45) is 2.35. The van der Waals surface area contributed by atoms with Gasteiger partial charge in [0, 0.05) is 18.9 Å². The van der Waals surface area contributed by atoms with Crippen LogP contribution in [-0.2, 0) is 0 Å². The van der Waals surface area contributed by atoms with E-state index < -0.39 is 0 Å². The second-order valence-corrected chi connectivity index (χ2v) is 5.19. The maximum absolute atomic E-state index is 12.2. The topological polar surface area (TPSA) is 38.3 Å².